The molecule has 0 radical (unpaired) electrons. The van der Waals surface area contributed by atoms with Gasteiger partial charge in [0.1, 0.15) is 6.10 Å². The van der Waals surface area contributed by atoms with Gasteiger partial charge in [-0.05, 0) is 43.7 Å². The number of amides is 2. The second kappa shape index (κ2) is 7.64. The summed E-state index contributed by atoms with van der Waals surface area (Å²) in [5.74, 6) is 0.400. The third-order valence-electron chi connectivity index (χ3n) is 4.89. The molecule has 1 aromatic rings. The van der Waals surface area contributed by atoms with Gasteiger partial charge in [-0.25, -0.2) is 4.98 Å². The van der Waals surface area contributed by atoms with Gasteiger partial charge in [-0.15, -0.1) is 0 Å². The van der Waals surface area contributed by atoms with E-state index in [0.717, 1.165) is 24.8 Å². The highest BCUT2D eigenvalue weighted by atomic mass is 16.5. The van der Waals surface area contributed by atoms with E-state index in [2.05, 4.69) is 10.3 Å². The monoisotopic (exact) mass is 331 g/mol. The predicted molar refractivity (Wildman–Crippen MR) is 89.3 cm³/mol. The summed E-state index contributed by atoms with van der Waals surface area (Å²) in [4.78, 5) is 29.9. The van der Waals surface area contributed by atoms with Crippen molar-refractivity contribution >= 4 is 11.8 Å². The Morgan fingerprint density at radius 1 is 1.38 bits per heavy atom. The average molecular weight is 331 g/mol. The minimum absolute atomic E-state index is 0.0394. The van der Waals surface area contributed by atoms with Crippen molar-refractivity contribution in [3.8, 4) is 5.88 Å². The maximum Gasteiger partial charge on any atom is 0.223 e. The van der Waals surface area contributed by atoms with Gasteiger partial charge in [-0.3, -0.25) is 9.59 Å². The van der Waals surface area contributed by atoms with Gasteiger partial charge in [0.2, 0.25) is 17.7 Å². The molecule has 1 saturated heterocycles. The van der Waals surface area contributed by atoms with E-state index in [-0.39, 0.29) is 23.8 Å². The number of hydrogen-bond donors (Lipinski definition) is 1. The summed E-state index contributed by atoms with van der Waals surface area (Å²) < 4.78 is 5.89. The number of rotatable bonds is 5. The van der Waals surface area contributed by atoms with E-state index in [4.69, 9.17) is 4.74 Å². The van der Waals surface area contributed by atoms with Crippen LogP contribution in [-0.4, -0.2) is 41.4 Å². The fourth-order valence-electron chi connectivity index (χ4n) is 3.30. The Kier molecular flexibility index (Phi) is 5.33. The molecule has 2 aliphatic rings. The molecule has 0 bridgehead atoms. The Labute approximate surface area is 142 Å². The van der Waals surface area contributed by atoms with E-state index in [0.29, 0.717) is 25.4 Å². The van der Waals surface area contributed by atoms with Crippen LogP contribution in [0.5, 0.6) is 5.88 Å². The summed E-state index contributed by atoms with van der Waals surface area (Å²) in [5, 5.41) is 2.93. The van der Waals surface area contributed by atoms with E-state index < -0.39 is 0 Å². The molecule has 24 heavy (non-hydrogen) atoms. The molecule has 2 fully saturated rings. The van der Waals surface area contributed by atoms with Gasteiger partial charge in [-0.1, -0.05) is 0 Å². The number of carbonyl (C=O) groups excluding carboxylic acids is 2. The summed E-state index contributed by atoms with van der Waals surface area (Å²) in [6.45, 7) is 1.08. The summed E-state index contributed by atoms with van der Waals surface area (Å²) >= 11 is 0. The lowest BCUT2D eigenvalue weighted by molar-refractivity contribution is -0.139. The van der Waals surface area contributed by atoms with Crippen molar-refractivity contribution in [2.45, 2.75) is 51.2 Å². The van der Waals surface area contributed by atoms with Gasteiger partial charge in [0.25, 0.3) is 0 Å². The molecule has 1 atom stereocenters. The van der Waals surface area contributed by atoms with E-state index in [1.54, 1.807) is 18.1 Å². The first-order valence-electron chi connectivity index (χ1n) is 8.75. The van der Waals surface area contributed by atoms with Crippen LogP contribution in [0, 0.1) is 5.92 Å². The van der Waals surface area contributed by atoms with Crippen LogP contribution in [-0.2, 0) is 16.1 Å². The first-order valence-corrected chi connectivity index (χ1v) is 8.75. The van der Waals surface area contributed by atoms with Gasteiger partial charge >= 0.3 is 0 Å². The topological polar surface area (TPSA) is 71.5 Å². The van der Waals surface area contributed by atoms with Crippen LogP contribution in [0.15, 0.2) is 18.3 Å². The van der Waals surface area contributed by atoms with Gasteiger partial charge < -0.3 is 15.0 Å². The fourth-order valence-corrected chi connectivity index (χ4v) is 3.30. The second-order valence-corrected chi connectivity index (χ2v) is 6.75. The molecule has 130 valence electrons. The molecule has 1 aromatic heterocycles. The molecule has 0 spiro atoms. The van der Waals surface area contributed by atoms with Crippen molar-refractivity contribution in [2.75, 3.05) is 13.6 Å². The number of likely N-dealkylation sites (tertiary alicyclic amines) is 1. The molecule has 1 N–H and O–H groups in total. The fraction of sp³-hybridized carbons (Fsp3) is 0.611. The van der Waals surface area contributed by atoms with Crippen LogP contribution in [0.3, 0.4) is 0 Å². The lowest BCUT2D eigenvalue weighted by atomic mass is 9.95. The lowest BCUT2D eigenvalue weighted by Gasteiger charge is -2.27. The smallest absolute Gasteiger partial charge is 0.223 e. The number of hydrogen-bond acceptors (Lipinski definition) is 4. The van der Waals surface area contributed by atoms with Gasteiger partial charge in [-0.2, -0.15) is 0 Å². The zero-order valence-corrected chi connectivity index (χ0v) is 14.2. The Morgan fingerprint density at radius 3 is 2.92 bits per heavy atom. The normalized spacial score (nSPS) is 21.8. The maximum absolute atomic E-state index is 12.3. The standard InChI is InChI=1S/C18H25N3O3/c1-21-9-7-14(11-17(21)22)18(23)20-12-13-6-8-19-16(10-13)24-15-4-2-3-5-15/h6,8,10,14-15H,2-5,7,9,11-12H2,1H3,(H,20,23). The van der Waals surface area contributed by atoms with Crippen molar-refractivity contribution < 1.29 is 14.3 Å². The van der Waals surface area contributed by atoms with Crippen LogP contribution in [0.2, 0.25) is 0 Å². The highest BCUT2D eigenvalue weighted by Gasteiger charge is 2.28. The molecule has 1 aliphatic heterocycles. The summed E-state index contributed by atoms with van der Waals surface area (Å²) in [5.41, 5.74) is 0.964. The molecule has 6 nitrogen and oxygen atoms in total. The van der Waals surface area contributed by atoms with Crippen LogP contribution < -0.4 is 10.1 Å². The molecule has 1 aliphatic carbocycles. The SMILES string of the molecule is CN1CCC(C(=O)NCc2ccnc(OC3CCCC3)c2)CC1=O. The maximum atomic E-state index is 12.3. The third kappa shape index (κ3) is 4.24. The Bertz CT molecular complexity index is 599. The lowest BCUT2D eigenvalue weighted by Crippen LogP contribution is -2.41. The van der Waals surface area contributed by atoms with E-state index in [9.17, 15) is 9.59 Å². The Morgan fingerprint density at radius 2 is 2.17 bits per heavy atom. The summed E-state index contributed by atoms with van der Waals surface area (Å²) in [6, 6.07) is 3.76. The minimum Gasteiger partial charge on any atom is -0.474 e. The number of ether oxygens (including phenoxy) is 1. The molecular formula is C18H25N3O3. The molecule has 3 rings (SSSR count). The van der Waals surface area contributed by atoms with Crippen molar-refractivity contribution in [3.05, 3.63) is 23.9 Å². The Hall–Kier alpha value is -2.11. The van der Waals surface area contributed by atoms with Crippen LogP contribution in [0.25, 0.3) is 0 Å². The van der Waals surface area contributed by atoms with Crippen molar-refractivity contribution in [1.82, 2.24) is 15.2 Å². The number of aromatic nitrogens is 1. The molecule has 1 unspecified atom stereocenters. The average Bonchev–Trinajstić information content (AvgIpc) is 3.08. The number of nitrogens with zero attached hydrogens (tertiary/aromatic N) is 2. The molecule has 6 heteroatoms. The molecule has 2 heterocycles. The summed E-state index contributed by atoms with van der Waals surface area (Å²) in [7, 11) is 1.78. The number of carbonyl (C=O) groups is 2. The Balaban J connectivity index is 1.50. The van der Waals surface area contributed by atoms with Crippen LogP contribution in [0.1, 0.15) is 44.1 Å². The zero-order valence-electron chi connectivity index (χ0n) is 14.2. The van der Waals surface area contributed by atoms with Gasteiger partial charge in [0.05, 0.1) is 0 Å². The molecule has 0 aromatic carbocycles. The predicted octanol–water partition coefficient (Wildman–Crippen LogP) is 1.89. The highest BCUT2D eigenvalue weighted by molar-refractivity contribution is 5.86. The zero-order chi connectivity index (χ0) is 16.9. The third-order valence-corrected chi connectivity index (χ3v) is 4.89. The largest absolute Gasteiger partial charge is 0.474 e. The van der Waals surface area contributed by atoms with E-state index >= 15 is 0 Å². The first-order chi connectivity index (χ1) is 11.6. The molecule has 1 saturated carbocycles. The number of pyridine rings is 1. The summed E-state index contributed by atoms with van der Waals surface area (Å²) in [6.07, 6.45) is 7.62. The second-order valence-electron chi connectivity index (χ2n) is 6.75. The van der Waals surface area contributed by atoms with Gasteiger partial charge in [0, 0.05) is 44.7 Å². The van der Waals surface area contributed by atoms with E-state index in [1.165, 1.54) is 12.8 Å². The highest BCUT2D eigenvalue weighted by Crippen LogP contribution is 2.23. The minimum atomic E-state index is -0.218. The number of piperidine rings is 1. The van der Waals surface area contributed by atoms with Crippen molar-refractivity contribution in [2.24, 2.45) is 5.92 Å². The van der Waals surface area contributed by atoms with Crippen LogP contribution in [0.4, 0.5) is 0 Å². The van der Waals surface area contributed by atoms with Crippen LogP contribution >= 0.6 is 0 Å². The number of nitrogens with one attached hydrogen (secondary N) is 1. The van der Waals surface area contributed by atoms with Crippen molar-refractivity contribution in [1.29, 1.82) is 0 Å². The first kappa shape index (κ1) is 16.7. The molecule has 2 amide bonds. The van der Waals surface area contributed by atoms with Gasteiger partial charge in [0.15, 0.2) is 0 Å². The molecular weight excluding hydrogens is 306 g/mol. The quantitative estimate of drug-likeness (QED) is 0.894. The van der Waals surface area contributed by atoms with Crippen molar-refractivity contribution in [3.63, 3.8) is 0 Å². The van der Waals surface area contributed by atoms with E-state index in [1.807, 2.05) is 12.1 Å².